The van der Waals surface area contributed by atoms with E-state index in [0.717, 1.165) is 5.56 Å². The minimum atomic E-state index is -3.60. The quantitative estimate of drug-likeness (QED) is 0.771. The highest BCUT2D eigenvalue weighted by Crippen LogP contribution is 2.13. The number of carboxylic acids is 1. The lowest BCUT2D eigenvalue weighted by Gasteiger charge is -2.09. The molecule has 0 fully saturated rings. The summed E-state index contributed by atoms with van der Waals surface area (Å²) in [4.78, 5) is 10.6. The average Bonchev–Trinajstić information content (AvgIpc) is 2.33. The molecule has 1 aromatic rings. The molecule has 1 unspecified atom stereocenters. The molecule has 0 radical (unpaired) electrons. The van der Waals surface area contributed by atoms with E-state index in [9.17, 15) is 13.2 Å². The van der Waals surface area contributed by atoms with Crippen molar-refractivity contribution in [3.05, 3.63) is 29.8 Å². The Morgan fingerprint density at radius 2 is 2.11 bits per heavy atom. The van der Waals surface area contributed by atoms with Gasteiger partial charge in [-0.2, -0.15) is 0 Å². The van der Waals surface area contributed by atoms with Crippen LogP contribution in [0.1, 0.15) is 18.9 Å². The molecular formula is C13H18O5S. The predicted octanol–water partition coefficient (Wildman–Crippen LogP) is 1.65. The highest BCUT2D eigenvalue weighted by Gasteiger charge is 2.26. The monoisotopic (exact) mass is 286 g/mol. The molecule has 0 aliphatic rings. The van der Waals surface area contributed by atoms with Crippen molar-refractivity contribution < 1.29 is 23.1 Å². The zero-order chi connectivity index (χ0) is 14.5. The third-order valence-corrected chi connectivity index (χ3v) is 4.85. The van der Waals surface area contributed by atoms with Gasteiger partial charge in [-0.1, -0.05) is 12.1 Å². The van der Waals surface area contributed by atoms with Gasteiger partial charge in [-0.05, 0) is 38.0 Å². The zero-order valence-electron chi connectivity index (χ0n) is 11.0. The molecule has 0 aliphatic carbocycles. The molecule has 0 amide bonds. The van der Waals surface area contributed by atoms with Gasteiger partial charge in [-0.25, -0.2) is 8.42 Å². The van der Waals surface area contributed by atoms with Crippen molar-refractivity contribution in [2.75, 3.05) is 12.4 Å². The summed E-state index contributed by atoms with van der Waals surface area (Å²) in [5.41, 5.74) is 1.06. The summed E-state index contributed by atoms with van der Waals surface area (Å²) in [6.07, 6.45) is 0.272. The fourth-order valence-electron chi connectivity index (χ4n) is 1.49. The Labute approximate surface area is 113 Å². The van der Waals surface area contributed by atoms with Crippen molar-refractivity contribution >= 4 is 15.8 Å². The van der Waals surface area contributed by atoms with E-state index < -0.39 is 21.1 Å². The molecule has 1 aromatic carbocycles. The normalized spacial score (nSPS) is 12.9. The van der Waals surface area contributed by atoms with Crippen LogP contribution >= 0.6 is 0 Å². The number of sulfone groups is 1. The maximum atomic E-state index is 11.6. The molecule has 0 aromatic heterocycles. The summed E-state index contributed by atoms with van der Waals surface area (Å²) in [6.45, 7) is 3.36. The molecule has 0 heterocycles. The summed E-state index contributed by atoms with van der Waals surface area (Å²) in [5, 5.41) is 7.30. The fraction of sp³-hybridized carbons (Fsp3) is 0.462. The first-order valence-electron chi connectivity index (χ1n) is 5.97. The van der Waals surface area contributed by atoms with Gasteiger partial charge >= 0.3 is 5.97 Å². The summed E-state index contributed by atoms with van der Waals surface area (Å²) in [5.74, 6) is -0.824. The number of aliphatic carboxylic acids is 1. The maximum absolute atomic E-state index is 11.6. The SMILES string of the molecule is Cc1cccc(OCCCS(=O)(=O)C(C)C(=O)O)c1. The van der Waals surface area contributed by atoms with E-state index in [1.807, 2.05) is 25.1 Å². The van der Waals surface area contributed by atoms with Gasteiger partial charge in [0.25, 0.3) is 0 Å². The lowest BCUT2D eigenvalue weighted by Crippen LogP contribution is -2.29. The Kier molecular flexibility index (Phi) is 5.35. The highest BCUT2D eigenvalue weighted by atomic mass is 32.2. The fourth-order valence-corrected chi connectivity index (χ4v) is 2.67. The van der Waals surface area contributed by atoms with E-state index in [1.54, 1.807) is 6.07 Å². The van der Waals surface area contributed by atoms with E-state index in [-0.39, 0.29) is 18.8 Å². The van der Waals surface area contributed by atoms with Crippen LogP contribution in [0.4, 0.5) is 0 Å². The van der Waals surface area contributed by atoms with Crippen LogP contribution in [0.25, 0.3) is 0 Å². The van der Waals surface area contributed by atoms with E-state index >= 15 is 0 Å². The first-order valence-corrected chi connectivity index (χ1v) is 7.68. The van der Waals surface area contributed by atoms with Gasteiger partial charge in [-0.3, -0.25) is 4.79 Å². The number of aryl methyl sites for hydroxylation is 1. The largest absolute Gasteiger partial charge is 0.494 e. The third-order valence-electron chi connectivity index (χ3n) is 2.72. The van der Waals surface area contributed by atoms with Crippen LogP contribution in [0.5, 0.6) is 5.75 Å². The maximum Gasteiger partial charge on any atom is 0.321 e. The summed E-state index contributed by atoms with van der Waals surface area (Å²) < 4.78 is 28.6. The Bertz CT molecular complexity index is 536. The number of carboxylic acid groups (broad SMARTS) is 1. The second kappa shape index (κ2) is 6.56. The highest BCUT2D eigenvalue weighted by molar-refractivity contribution is 7.92. The number of ether oxygens (including phenoxy) is 1. The Morgan fingerprint density at radius 3 is 2.68 bits per heavy atom. The van der Waals surface area contributed by atoms with Gasteiger partial charge in [0.15, 0.2) is 15.1 Å². The minimum Gasteiger partial charge on any atom is -0.494 e. The van der Waals surface area contributed by atoms with Crippen molar-refractivity contribution in [3.63, 3.8) is 0 Å². The average molecular weight is 286 g/mol. The summed E-state index contributed by atoms with van der Waals surface area (Å²) >= 11 is 0. The number of hydrogen-bond donors (Lipinski definition) is 1. The van der Waals surface area contributed by atoms with E-state index in [2.05, 4.69) is 0 Å². The van der Waals surface area contributed by atoms with Gasteiger partial charge in [-0.15, -0.1) is 0 Å². The standard InChI is InChI=1S/C13H18O5S/c1-10-5-3-6-12(9-10)18-7-4-8-19(16,17)11(2)13(14)15/h3,5-6,9,11H,4,7-8H2,1-2H3,(H,14,15). The topological polar surface area (TPSA) is 80.7 Å². The van der Waals surface area contributed by atoms with E-state index in [4.69, 9.17) is 9.84 Å². The first-order chi connectivity index (χ1) is 8.83. The smallest absolute Gasteiger partial charge is 0.321 e. The number of benzene rings is 1. The first kappa shape index (κ1) is 15.5. The van der Waals surface area contributed by atoms with Crippen LogP contribution in [-0.4, -0.2) is 37.1 Å². The third kappa shape index (κ3) is 4.90. The lowest BCUT2D eigenvalue weighted by molar-refractivity contribution is -0.136. The van der Waals surface area contributed by atoms with Crippen LogP contribution in [0.15, 0.2) is 24.3 Å². The van der Waals surface area contributed by atoms with E-state index in [0.29, 0.717) is 5.75 Å². The van der Waals surface area contributed by atoms with Gasteiger partial charge < -0.3 is 9.84 Å². The minimum absolute atomic E-state index is 0.188. The molecule has 5 nitrogen and oxygen atoms in total. The molecule has 0 spiro atoms. The van der Waals surface area contributed by atoms with Crippen LogP contribution in [0.2, 0.25) is 0 Å². The zero-order valence-corrected chi connectivity index (χ0v) is 11.8. The number of rotatable bonds is 7. The van der Waals surface area contributed by atoms with Crippen molar-refractivity contribution in [1.82, 2.24) is 0 Å². The summed E-state index contributed by atoms with van der Waals surface area (Å²) in [6, 6.07) is 7.44. The molecule has 19 heavy (non-hydrogen) atoms. The molecule has 1 rings (SSSR count). The molecule has 0 bridgehead atoms. The van der Waals surface area contributed by atoms with Crippen molar-refractivity contribution in [3.8, 4) is 5.75 Å². The van der Waals surface area contributed by atoms with E-state index in [1.165, 1.54) is 6.92 Å². The molecule has 106 valence electrons. The molecule has 1 N–H and O–H groups in total. The number of carbonyl (C=O) groups is 1. The van der Waals surface area contributed by atoms with Crippen molar-refractivity contribution in [2.45, 2.75) is 25.5 Å². The second-order valence-corrected chi connectivity index (χ2v) is 6.81. The molecule has 0 saturated carbocycles. The predicted molar refractivity (Wildman–Crippen MR) is 72.2 cm³/mol. The summed E-state index contributed by atoms with van der Waals surface area (Å²) in [7, 11) is -3.60. The molecule has 0 saturated heterocycles. The van der Waals surface area contributed by atoms with Crippen LogP contribution in [0, 0.1) is 6.92 Å². The van der Waals surface area contributed by atoms with Gasteiger partial charge in [0.2, 0.25) is 0 Å². The van der Waals surface area contributed by atoms with Gasteiger partial charge in [0.1, 0.15) is 5.75 Å². The van der Waals surface area contributed by atoms with Crippen molar-refractivity contribution in [2.24, 2.45) is 0 Å². The Morgan fingerprint density at radius 1 is 1.42 bits per heavy atom. The molecule has 0 aliphatic heterocycles. The second-order valence-electron chi connectivity index (χ2n) is 4.37. The van der Waals surface area contributed by atoms with Crippen LogP contribution < -0.4 is 4.74 Å². The molecule has 1 atom stereocenters. The molecule has 6 heteroatoms. The van der Waals surface area contributed by atoms with Crippen molar-refractivity contribution in [1.29, 1.82) is 0 Å². The van der Waals surface area contributed by atoms with Crippen LogP contribution in [0.3, 0.4) is 0 Å². The Balaban J connectivity index is 2.41. The Hall–Kier alpha value is -1.56. The number of hydrogen-bond acceptors (Lipinski definition) is 4. The van der Waals surface area contributed by atoms with Gasteiger partial charge in [0.05, 0.1) is 12.4 Å². The van der Waals surface area contributed by atoms with Crippen LogP contribution in [-0.2, 0) is 14.6 Å². The van der Waals surface area contributed by atoms with Gasteiger partial charge in [0, 0.05) is 0 Å². The molecular weight excluding hydrogens is 268 g/mol. The lowest BCUT2D eigenvalue weighted by atomic mass is 10.2.